The average molecular weight is 299 g/mol. The number of sulfonamides is 1. The van der Waals surface area contributed by atoms with E-state index in [1.165, 1.54) is 12.3 Å². The molecule has 0 radical (unpaired) electrons. The fourth-order valence-corrected chi connectivity index (χ4v) is 2.63. The van der Waals surface area contributed by atoms with E-state index in [0.717, 1.165) is 19.3 Å². The van der Waals surface area contributed by atoms with Crippen molar-refractivity contribution in [3.63, 3.8) is 0 Å². The Labute approximate surface area is 119 Å². The minimum atomic E-state index is -3.79. The summed E-state index contributed by atoms with van der Waals surface area (Å²) in [5.74, 6) is -0.166. The van der Waals surface area contributed by atoms with Crippen molar-refractivity contribution in [3.05, 3.63) is 18.0 Å². The predicted molar refractivity (Wildman–Crippen MR) is 75.9 cm³/mol. The quantitative estimate of drug-likeness (QED) is 0.890. The molecule has 20 heavy (non-hydrogen) atoms. The zero-order valence-electron chi connectivity index (χ0n) is 12.0. The molecule has 1 amide bonds. The number of hydrogen-bond donors (Lipinski definition) is 1. The summed E-state index contributed by atoms with van der Waals surface area (Å²) in [6.07, 6.45) is 4.25. The van der Waals surface area contributed by atoms with Crippen molar-refractivity contribution in [1.29, 1.82) is 0 Å². The summed E-state index contributed by atoms with van der Waals surface area (Å²) in [6.45, 7) is 3.97. The molecule has 0 aliphatic heterocycles. The van der Waals surface area contributed by atoms with Gasteiger partial charge in [0.05, 0.1) is 0 Å². The highest BCUT2D eigenvalue weighted by atomic mass is 32.2. The lowest BCUT2D eigenvalue weighted by atomic mass is 10.2. The van der Waals surface area contributed by atoms with E-state index < -0.39 is 10.0 Å². The highest BCUT2D eigenvalue weighted by Crippen LogP contribution is 2.37. The standard InChI is InChI=1S/C13H21N3O3S/c1-4-9(2)15(3)13(17)12-7-11(20(14,18)19)8-16(12)10-5-6-10/h7-10H,4-6H2,1-3H3,(H2,14,18,19). The summed E-state index contributed by atoms with van der Waals surface area (Å²) in [7, 11) is -2.05. The number of nitrogens with zero attached hydrogens (tertiary/aromatic N) is 2. The molecule has 1 unspecified atom stereocenters. The number of hydrogen-bond acceptors (Lipinski definition) is 3. The van der Waals surface area contributed by atoms with E-state index in [4.69, 9.17) is 5.14 Å². The lowest BCUT2D eigenvalue weighted by Crippen LogP contribution is -2.35. The predicted octanol–water partition coefficient (Wildman–Crippen LogP) is 1.34. The van der Waals surface area contributed by atoms with Crippen LogP contribution < -0.4 is 5.14 Å². The van der Waals surface area contributed by atoms with Crippen molar-refractivity contribution in [2.45, 2.75) is 50.1 Å². The first-order valence-corrected chi connectivity index (χ1v) is 8.32. The zero-order valence-corrected chi connectivity index (χ0v) is 12.9. The third-order valence-corrected chi connectivity index (χ3v) is 4.76. The molecule has 1 aromatic rings. The second-order valence-electron chi connectivity index (χ2n) is 5.42. The Morgan fingerprint density at radius 1 is 1.55 bits per heavy atom. The van der Waals surface area contributed by atoms with Crippen molar-refractivity contribution < 1.29 is 13.2 Å². The summed E-state index contributed by atoms with van der Waals surface area (Å²) in [5.41, 5.74) is 0.402. The minimum absolute atomic E-state index is 0.00491. The first-order valence-electron chi connectivity index (χ1n) is 6.77. The third kappa shape index (κ3) is 2.88. The Balaban J connectivity index is 2.40. The molecule has 1 saturated carbocycles. The average Bonchev–Trinajstić information content (AvgIpc) is 3.13. The van der Waals surface area contributed by atoms with Crippen LogP contribution >= 0.6 is 0 Å². The molecule has 1 aliphatic rings. The van der Waals surface area contributed by atoms with Gasteiger partial charge in [-0.2, -0.15) is 0 Å². The van der Waals surface area contributed by atoms with Gasteiger partial charge < -0.3 is 9.47 Å². The van der Waals surface area contributed by atoms with Crippen LogP contribution in [0.15, 0.2) is 17.2 Å². The number of amides is 1. The Morgan fingerprint density at radius 3 is 2.60 bits per heavy atom. The van der Waals surface area contributed by atoms with Crippen LogP contribution in [0, 0.1) is 0 Å². The second kappa shape index (κ2) is 5.21. The van der Waals surface area contributed by atoms with Gasteiger partial charge in [-0.1, -0.05) is 6.92 Å². The summed E-state index contributed by atoms with van der Waals surface area (Å²) >= 11 is 0. The lowest BCUT2D eigenvalue weighted by molar-refractivity contribution is 0.0729. The van der Waals surface area contributed by atoms with Gasteiger partial charge in [0.25, 0.3) is 5.91 Å². The molecule has 0 spiro atoms. The fourth-order valence-electron chi connectivity index (χ4n) is 2.09. The van der Waals surface area contributed by atoms with Crippen molar-refractivity contribution >= 4 is 15.9 Å². The van der Waals surface area contributed by atoms with Crippen LogP contribution in [0.25, 0.3) is 0 Å². The van der Waals surface area contributed by atoms with E-state index in [-0.39, 0.29) is 22.9 Å². The first-order chi connectivity index (χ1) is 9.25. The van der Waals surface area contributed by atoms with Crippen LogP contribution in [0.3, 0.4) is 0 Å². The van der Waals surface area contributed by atoms with Crippen molar-refractivity contribution in [2.75, 3.05) is 7.05 Å². The van der Waals surface area contributed by atoms with Crippen LogP contribution in [0.5, 0.6) is 0 Å². The van der Waals surface area contributed by atoms with Crippen LogP contribution in [0.4, 0.5) is 0 Å². The smallest absolute Gasteiger partial charge is 0.270 e. The molecule has 112 valence electrons. The van der Waals surface area contributed by atoms with Gasteiger partial charge >= 0.3 is 0 Å². The van der Waals surface area contributed by atoms with Crippen molar-refractivity contribution in [3.8, 4) is 0 Å². The lowest BCUT2D eigenvalue weighted by Gasteiger charge is -2.24. The van der Waals surface area contributed by atoms with Gasteiger partial charge in [-0.15, -0.1) is 0 Å². The van der Waals surface area contributed by atoms with E-state index >= 15 is 0 Å². The van der Waals surface area contributed by atoms with Crippen LogP contribution in [0.1, 0.15) is 49.6 Å². The molecule has 1 aliphatic carbocycles. The zero-order chi connectivity index (χ0) is 15.1. The molecule has 0 saturated heterocycles. The largest absolute Gasteiger partial charge is 0.339 e. The van der Waals surface area contributed by atoms with E-state index in [1.54, 1.807) is 16.5 Å². The fraction of sp³-hybridized carbons (Fsp3) is 0.615. The summed E-state index contributed by atoms with van der Waals surface area (Å²) < 4.78 is 24.7. The molecule has 6 nitrogen and oxygen atoms in total. The number of rotatable bonds is 5. The number of carbonyl (C=O) groups is 1. The molecule has 1 aromatic heterocycles. The number of aromatic nitrogens is 1. The van der Waals surface area contributed by atoms with Gasteiger partial charge in [-0.3, -0.25) is 4.79 Å². The first kappa shape index (κ1) is 15.1. The maximum Gasteiger partial charge on any atom is 0.270 e. The van der Waals surface area contributed by atoms with Gasteiger partial charge in [-0.25, -0.2) is 13.6 Å². The molecule has 1 fully saturated rings. The molecule has 0 bridgehead atoms. The summed E-state index contributed by atoms with van der Waals surface area (Å²) in [6, 6.07) is 1.70. The van der Waals surface area contributed by atoms with E-state index in [9.17, 15) is 13.2 Å². The monoisotopic (exact) mass is 299 g/mol. The van der Waals surface area contributed by atoms with Crippen LogP contribution in [0.2, 0.25) is 0 Å². The Kier molecular flexibility index (Phi) is 3.93. The molecule has 1 atom stereocenters. The molecular formula is C13H21N3O3S. The van der Waals surface area contributed by atoms with Crippen LogP contribution in [-0.4, -0.2) is 36.9 Å². The van der Waals surface area contributed by atoms with Gasteiger partial charge in [0, 0.05) is 25.3 Å². The molecule has 0 aromatic carbocycles. The normalized spacial score (nSPS) is 17.0. The van der Waals surface area contributed by atoms with Gasteiger partial charge in [0.2, 0.25) is 10.0 Å². The van der Waals surface area contributed by atoms with E-state index in [1.807, 2.05) is 13.8 Å². The molecule has 1 heterocycles. The SMILES string of the molecule is CCC(C)N(C)C(=O)c1cc(S(N)(=O)=O)cn1C1CC1. The summed E-state index contributed by atoms with van der Waals surface area (Å²) in [5, 5.41) is 5.16. The van der Waals surface area contributed by atoms with Crippen molar-refractivity contribution in [2.24, 2.45) is 5.14 Å². The number of carbonyl (C=O) groups excluding carboxylic acids is 1. The molecule has 2 N–H and O–H groups in total. The van der Waals surface area contributed by atoms with E-state index in [0.29, 0.717) is 5.69 Å². The third-order valence-electron chi connectivity index (χ3n) is 3.88. The van der Waals surface area contributed by atoms with E-state index in [2.05, 4.69) is 0 Å². The maximum atomic E-state index is 12.5. The number of nitrogens with two attached hydrogens (primary N) is 1. The van der Waals surface area contributed by atoms with Crippen molar-refractivity contribution in [1.82, 2.24) is 9.47 Å². The topological polar surface area (TPSA) is 85.4 Å². The number of primary sulfonamides is 1. The summed E-state index contributed by atoms with van der Waals surface area (Å²) in [4.78, 5) is 14.2. The Morgan fingerprint density at radius 2 is 2.15 bits per heavy atom. The Bertz CT molecular complexity index is 617. The second-order valence-corrected chi connectivity index (χ2v) is 6.98. The van der Waals surface area contributed by atoms with Gasteiger partial charge in [-0.05, 0) is 32.3 Å². The minimum Gasteiger partial charge on any atom is -0.339 e. The van der Waals surface area contributed by atoms with Gasteiger partial charge in [0.1, 0.15) is 10.6 Å². The molecule has 2 rings (SSSR count). The maximum absolute atomic E-state index is 12.5. The highest BCUT2D eigenvalue weighted by molar-refractivity contribution is 7.89. The highest BCUT2D eigenvalue weighted by Gasteiger charge is 2.31. The van der Waals surface area contributed by atoms with Crippen LogP contribution in [-0.2, 0) is 10.0 Å². The molecule has 7 heteroatoms. The van der Waals surface area contributed by atoms with Gasteiger partial charge in [0.15, 0.2) is 0 Å². The molecular weight excluding hydrogens is 278 g/mol. The Hall–Kier alpha value is -1.34.